The van der Waals surface area contributed by atoms with E-state index in [2.05, 4.69) is 10.2 Å². The van der Waals surface area contributed by atoms with Crippen molar-refractivity contribution in [3.63, 3.8) is 0 Å². The highest BCUT2D eigenvalue weighted by molar-refractivity contribution is 7.99. The van der Waals surface area contributed by atoms with Gasteiger partial charge in [0.15, 0.2) is 5.16 Å². The van der Waals surface area contributed by atoms with E-state index in [1.54, 1.807) is 30.7 Å². The van der Waals surface area contributed by atoms with Crippen molar-refractivity contribution in [3.8, 4) is 0 Å². The van der Waals surface area contributed by atoms with Gasteiger partial charge in [-0.05, 0) is 37.2 Å². The Morgan fingerprint density at radius 2 is 2.15 bits per heavy atom. The SMILES string of the molecule is Cc1nnc(Sc2ccc([C@H](C)O)cc2[N+](=O)[O-])n1C. The van der Waals surface area contributed by atoms with Gasteiger partial charge in [-0.25, -0.2) is 0 Å². The molecule has 1 aromatic heterocycles. The quantitative estimate of drug-likeness (QED) is 0.686. The van der Waals surface area contributed by atoms with E-state index < -0.39 is 11.0 Å². The maximum atomic E-state index is 11.1. The predicted molar refractivity (Wildman–Crippen MR) is 73.6 cm³/mol. The van der Waals surface area contributed by atoms with Gasteiger partial charge in [0, 0.05) is 13.1 Å². The van der Waals surface area contributed by atoms with Crippen LogP contribution in [0.4, 0.5) is 5.69 Å². The molecule has 2 aromatic rings. The molecule has 1 atom stereocenters. The van der Waals surface area contributed by atoms with E-state index in [-0.39, 0.29) is 5.69 Å². The average molecular weight is 294 g/mol. The Hall–Kier alpha value is -1.93. The van der Waals surface area contributed by atoms with Gasteiger partial charge in [-0.3, -0.25) is 10.1 Å². The van der Waals surface area contributed by atoms with E-state index in [9.17, 15) is 15.2 Å². The van der Waals surface area contributed by atoms with E-state index in [0.29, 0.717) is 15.6 Å². The third kappa shape index (κ3) is 2.81. The molecule has 20 heavy (non-hydrogen) atoms. The van der Waals surface area contributed by atoms with E-state index in [1.807, 2.05) is 6.92 Å². The largest absolute Gasteiger partial charge is 0.389 e. The molecule has 8 heteroatoms. The first kappa shape index (κ1) is 14.5. The number of aromatic nitrogens is 3. The van der Waals surface area contributed by atoms with E-state index >= 15 is 0 Å². The summed E-state index contributed by atoms with van der Waals surface area (Å²) in [5, 5.41) is 29.1. The Morgan fingerprint density at radius 3 is 2.65 bits per heavy atom. The van der Waals surface area contributed by atoms with Crippen LogP contribution in [0, 0.1) is 17.0 Å². The van der Waals surface area contributed by atoms with Gasteiger partial charge in [0.1, 0.15) is 5.82 Å². The number of nitrogens with zero attached hydrogens (tertiary/aromatic N) is 4. The number of aliphatic hydroxyl groups excluding tert-OH is 1. The molecule has 0 spiro atoms. The van der Waals surface area contributed by atoms with E-state index in [4.69, 9.17) is 0 Å². The summed E-state index contributed by atoms with van der Waals surface area (Å²) in [6.07, 6.45) is -0.746. The third-order valence-corrected chi connectivity index (χ3v) is 4.02. The zero-order valence-corrected chi connectivity index (χ0v) is 12.1. The van der Waals surface area contributed by atoms with Crippen molar-refractivity contribution in [1.29, 1.82) is 0 Å². The fourth-order valence-corrected chi connectivity index (χ4v) is 2.52. The summed E-state index contributed by atoms with van der Waals surface area (Å²) in [4.78, 5) is 11.2. The van der Waals surface area contributed by atoms with Gasteiger partial charge >= 0.3 is 0 Å². The highest BCUT2D eigenvalue weighted by Gasteiger charge is 2.19. The third-order valence-electron chi connectivity index (χ3n) is 2.92. The Kier molecular flexibility index (Phi) is 4.05. The van der Waals surface area contributed by atoms with Gasteiger partial charge in [-0.1, -0.05) is 6.07 Å². The maximum absolute atomic E-state index is 11.1. The number of hydrogen-bond acceptors (Lipinski definition) is 6. The molecule has 0 fully saturated rings. The molecule has 1 heterocycles. The Morgan fingerprint density at radius 1 is 1.45 bits per heavy atom. The smallest absolute Gasteiger partial charge is 0.283 e. The second-order valence-electron chi connectivity index (χ2n) is 4.35. The highest BCUT2D eigenvalue weighted by atomic mass is 32.2. The highest BCUT2D eigenvalue weighted by Crippen LogP contribution is 2.35. The maximum Gasteiger partial charge on any atom is 0.283 e. The van der Waals surface area contributed by atoms with Crippen LogP contribution in [-0.4, -0.2) is 24.8 Å². The molecule has 106 valence electrons. The van der Waals surface area contributed by atoms with Crippen LogP contribution < -0.4 is 0 Å². The molecule has 0 bridgehead atoms. The van der Waals surface area contributed by atoms with E-state index in [0.717, 1.165) is 5.82 Å². The Balaban J connectivity index is 2.41. The summed E-state index contributed by atoms with van der Waals surface area (Å²) >= 11 is 1.18. The summed E-state index contributed by atoms with van der Waals surface area (Å²) < 4.78 is 1.76. The lowest BCUT2D eigenvalue weighted by atomic mass is 10.1. The summed E-state index contributed by atoms with van der Waals surface area (Å²) in [7, 11) is 1.80. The second-order valence-corrected chi connectivity index (χ2v) is 5.36. The number of benzene rings is 1. The monoisotopic (exact) mass is 294 g/mol. The van der Waals surface area contributed by atoms with E-state index in [1.165, 1.54) is 17.8 Å². The molecule has 0 aliphatic heterocycles. The zero-order valence-electron chi connectivity index (χ0n) is 11.3. The lowest BCUT2D eigenvalue weighted by Crippen LogP contribution is -1.98. The average Bonchev–Trinajstić information content (AvgIpc) is 2.70. The first-order chi connectivity index (χ1) is 9.40. The molecular weight excluding hydrogens is 280 g/mol. The van der Waals surface area contributed by atoms with Crippen LogP contribution in [0.25, 0.3) is 0 Å². The lowest BCUT2D eigenvalue weighted by Gasteiger charge is -2.07. The van der Waals surface area contributed by atoms with Gasteiger partial charge < -0.3 is 9.67 Å². The fraction of sp³-hybridized carbons (Fsp3) is 0.333. The van der Waals surface area contributed by atoms with Crippen molar-refractivity contribution in [2.24, 2.45) is 7.05 Å². The first-order valence-corrected chi connectivity index (χ1v) is 6.72. The van der Waals surface area contributed by atoms with Crippen LogP contribution in [0.5, 0.6) is 0 Å². The number of nitro benzene ring substituents is 1. The number of hydrogen-bond donors (Lipinski definition) is 1. The lowest BCUT2D eigenvalue weighted by molar-refractivity contribution is -0.387. The summed E-state index contributed by atoms with van der Waals surface area (Å²) in [5.74, 6) is 0.732. The topological polar surface area (TPSA) is 94.1 Å². The van der Waals surface area contributed by atoms with Crippen LogP contribution in [0.1, 0.15) is 24.4 Å². The Bertz CT molecular complexity index is 654. The Labute approximate surface area is 119 Å². The molecule has 7 nitrogen and oxygen atoms in total. The number of nitro groups is 1. The van der Waals surface area contributed by atoms with Gasteiger partial charge in [-0.15, -0.1) is 10.2 Å². The van der Waals surface area contributed by atoms with Crippen LogP contribution in [-0.2, 0) is 7.05 Å². The van der Waals surface area contributed by atoms with Gasteiger partial charge in [-0.2, -0.15) is 0 Å². The molecule has 1 aromatic carbocycles. The van der Waals surface area contributed by atoms with Crippen LogP contribution >= 0.6 is 11.8 Å². The summed E-state index contributed by atoms with van der Waals surface area (Å²) in [6.45, 7) is 3.37. The molecule has 0 unspecified atom stereocenters. The molecule has 0 saturated heterocycles. The van der Waals surface area contributed by atoms with Crippen LogP contribution in [0.2, 0.25) is 0 Å². The number of aliphatic hydroxyl groups is 1. The minimum atomic E-state index is -0.746. The van der Waals surface area contributed by atoms with Crippen LogP contribution in [0.3, 0.4) is 0 Å². The zero-order chi connectivity index (χ0) is 14.9. The fourth-order valence-electron chi connectivity index (χ4n) is 1.60. The van der Waals surface area contributed by atoms with Gasteiger partial charge in [0.05, 0.1) is 15.9 Å². The molecule has 0 radical (unpaired) electrons. The van der Waals surface area contributed by atoms with Crippen LogP contribution in [0.15, 0.2) is 28.3 Å². The molecular formula is C12H14N4O3S. The van der Waals surface area contributed by atoms with Gasteiger partial charge in [0.2, 0.25) is 0 Å². The van der Waals surface area contributed by atoms with Crippen molar-refractivity contribution in [2.75, 3.05) is 0 Å². The van der Waals surface area contributed by atoms with Crippen molar-refractivity contribution in [1.82, 2.24) is 14.8 Å². The van der Waals surface area contributed by atoms with Gasteiger partial charge in [0.25, 0.3) is 5.69 Å². The van der Waals surface area contributed by atoms with Crippen molar-refractivity contribution in [2.45, 2.75) is 30.0 Å². The standard InChI is InChI=1S/C12H14N4O3S/c1-7(17)9-4-5-11(10(6-9)16(18)19)20-12-14-13-8(2)15(12)3/h4-7,17H,1-3H3/t7-/m0/s1. The number of rotatable bonds is 4. The second kappa shape index (κ2) is 5.59. The minimum absolute atomic E-state index is 0.0472. The molecule has 0 aliphatic carbocycles. The number of aryl methyl sites for hydroxylation is 1. The van der Waals surface area contributed by atoms with Crippen molar-refractivity contribution >= 4 is 17.4 Å². The van der Waals surface area contributed by atoms with Crippen molar-refractivity contribution in [3.05, 3.63) is 39.7 Å². The molecule has 0 saturated carbocycles. The molecule has 0 amide bonds. The molecule has 0 aliphatic rings. The van der Waals surface area contributed by atoms with Crippen molar-refractivity contribution < 1.29 is 10.0 Å². The normalized spacial score (nSPS) is 12.4. The first-order valence-electron chi connectivity index (χ1n) is 5.90. The minimum Gasteiger partial charge on any atom is -0.389 e. The predicted octanol–water partition coefficient (Wildman–Crippen LogP) is 2.24. The summed E-state index contributed by atoms with van der Waals surface area (Å²) in [6, 6.07) is 4.67. The summed E-state index contributed by atoms with van der Waals surface area (Å²) in [5.41, 5.74) is 0.462. The molecule has 2 rings (SSSR count). The molecule has 1 N–H and O–H groups in total.